The van der Waals surface area contributed by atoms with Crippen molar-refractivity contribution < 1.29 is 23.4 Å². The van der Waals surface area contributed by atoms with Crippen LogP contribution in [0.5, 0.6) is 5.75 Å². The number of amides is 1. The van der Waals surface area contributed by atoms with Crippen molar-refractivity contribution in [2.45, 2.75) is 6.42 Å². The number of aliphatic hydroxyl groups is 1. The van der Waals surface area contributed by atoms with E-state index in [1.807, 2.05) is 0 Å². The van der Waals surface area contributed by atoms with Crippen LogP contribution in [0.2, 0.25) is 0 Å². The van der Waals surface area contributed by atoms with Crippen molar-refractivity contribution in [1.82, 2.24) is 10.2 Å². The highest BCUT2D eigenvalue weighted by molar-refractivity contribution is 6.00. The Hall–Kier alpha value is -3.46. The molecule has 9 heteroatoms. The van der Waals surface area contributed by atoms with Crippen molar-refractivity contribution in [3.63, 3.8) is 0 Å². The molecule has 1 aromatic heterocycles. The van der Waals surface area contributed by atoms with Gasteiger partial charge in [0.05, 0.1) is 12.3 Å². The molecule has 1 heterocycles. The molecular formula is C18H17FN4O4. The molecule has 0 radical (unpaired) electrons. The largest absolute Gasteiger partial charge is 0.494 e. The lowest BCUT2D eigenvalue weighted by Gasteiger charge is -2.06. The third-order valence-electron chi connectivity index (χ3n) is 3.42. The third kappa shape index (κ3) is 5.02. The number of benzene rings is 2. The molecule has 3 aromatic rings. The van der Waals surface area contributed by atoms with Crippen molar-refractivity contribution in [2.24, 2.45) is 0 Å². The van der Waals surface area contributed by atoms with Gasteiger partial charge >= 0.3 is 17.8 Å². The fourth-order valence-electron chi connectivity index (χ4n) is 2.12. The Balaban J connectivity index is 1.58. The van der Waals surface area contributed by atoms with Gasteiger partial charge in [-0.3, -0.25) is 4.79 Å². The summed E-state index contributed by atoms with van der Waals surface area (Å²) in [6.07, 6.45) is 0.541. The van der Waals surface area contributed by atoms with E-state index in [1.54, 1.807) is 36.4 Å². The van der Waals surface area contributed by atoms with Gasteiger partial charge in [0.2, 0.25) is 0 Å². The van der Waals surface area contributed by atoms with Crippen molar-refractivity contribution in [3.8, 4) is 5.75 Å². The van der Waals surface area contributed by atoms with Crippen LogP contribution < -0.4 is 15.4 Å². The standard InChI is InChI=1S/C18H17FN4O4/c19-14-4-1-2-5-15(14)21-18-23-22-17(27-18)16(25)20-12-6-8-13(9-7-12)26-11-3-10-24/h1-2,4-9,24H,3,10-11H2,(H,20,25)(H,21,23). The van der Waals surface area contributed by atoms with Crippen LogP contribution in [0.3, 0.4) is 0 Å². The SMILES string of the molecule is O=C(Nc1ccc(OCCCO)cc1)c1nnc(Nc2ccccc2F)o1. The molecule has 0 aliphatic rings. The molecule has 1 amide bonds. The van der Waals surface area contributed by atoms with E-state index in [9.17, 15) is 9.18 Å². The number of aliphatic hydroxyl groups excluding tert-OH is 1. The number of para-hydroxylation sites is 1. The highest BCUT2D eigenvalue weighted by Crippen LogP contribution is 2.20. The first-order valence-electron chi connectivity index (χ1n) is 8.16. The van der Waals surface area contributed by atoms with E-state index in [4.69, 9.17) is 14.3 Å². The molecule has 27 heavy (non-hydrogen) atoms. The first-order valence-corrected chi connectivity index (χ1v) is 8.16. The van der Waals surface area contributed by atoms with Crippen molar-refractivity contribution in [2.75, 3.05) is 23.8 Å². The monoisotopic (exact) mass is 372 g/mol. The highest BCUT2D eigenvalue weighted by Gasteiger charge is 2.16. The summed E-state index contributed by atoms with van der Waals surface area (Å²) in [5.41, 5.74) is 0.668. The number of carbonyl (C=O) groups excluding carboxylic acids is 1. The van der Waals surface area contributed by atoms with Gasteiger partial charge in [0.1, 0.15) is 11.6 Å². The fraction of sp³-hybridized carbons (Fsp3) is 0.167. The topological polar surface area (TPSA) is 110 Å². The Morgan fingerprint density at radius 2 is 1.93 bits per heavy atom. The van der Waals surface area contributed by atoms with Crippen molar-refractivity contribution in [1.29, 1.82) is 0 Å². The second kappa shape index (κ2) is 8.77. The summed E-state index contributed by atoms with van der Waals surface area (Å²) >= 11 is 0. The Labute approximate surface area is 154 Å². The predicted molar refractivity (Wildman–Crippen MR) is 95.6 cm³/mol. The summed E-state index contributed by atoms with van der Waals surface area (Å²) in [6.45, 7) is 0.466. The minimum atomic E-state index is -0.599. The number of carbonyl (C=O) groups is 1. The molecule has 0 saturated carbocycles. The number of nitrogens with one attached hydrogen (secondary N) is 2. The molecule has 0 fully saturated rings. The van der Waals surface area contributed by atoms with Crippen LogP contribution in [0.1, 0.15) is 17.1 Å². The van der Waals surface area contributed by atoms with Gasteiger partial charge in [-0.15, -0.1) is 5.10 Å². The van der Waals surface area contributed by atoms with E-state index in [0.717, 1.165) is 0 Å². The van der Waals surface area contributed by atoms with Crippen molar-refractivity contribution >= 4 is 23.3 Å². The molecule has 3 rings (SSSR count). The molecule has 0 unspecified atom stereocenters. The van der Waals surface area contributed by atoms with Crippen LogP contribution in [-0.2, 0) is 0 Å². The molecule has 3 N–H and O–H groups in total. The van der Waals surface area contributed by atoms with Gasteiger partial charge in [-0.2, -0.15) is 0 Å². The number of hydrogen-bond donors (Lipinski definition) is 3. The average Bonchev–Trinajstić information content (AvgIpc) is 3.14. The number of hydrogen-bond acceptors (Lipinski definition) is 7. The van der Waals surface area contributed by atoms with Gasteiger partial charge in [0.15, 0.2) is 0 Å². The second-order valence-electron chi connectivity index (χ2n) is 5.42. The minimum Gasteiger partial charge on any atom is -0.494 e. The minimum absolute atomic E-state index is 0.0616. The molecule has 8 nitrogen and oxygen atoms in total. The van der Waals surface area contributed by atoms with Crippen molar-refractivity contribution in [3.05, 3.63) is 60.2 Å². The zero-order valence-corrected chi connectivity index (χ0v) is 14.2. The first-order chi connectivity index (χ1) is 13.2. The Morgan fingerprint density at radius 1 is 1.15 bits per heavy atom. The maximum Gasteiger partial charge on any atom is 0.320 e. The van der Waals surface area contributed by atoms with Gasteiger partial charge in [-0.05, 0) is 36.4 Å². The van der Waals surface area contributed by atoms with Crippen LogP contribution in [-0.4, -0.2) is 34.4 Å². The van der Waals surface area contributed by atoms with Crippen LogP contribution in [0.15, 0.2) is 52.9 Å². The summed E-state index contributed by atoms with van der Waals surface area (Å²) in [5, 5.41) is 21.3. The van der Waals surface area contributed by atoms with Gasteiger partial charge in [0.25, 0.3) is 0 Å². The molecule has 0 bridgehead atoms. The molecule has 0 atom stereocenters. The van der Waals surface area contributed by atoms with Crippen LogP contribution in [0, 0.1) is 5.82 Å². The number of anilines is 3. The summed E-state index contributed by atoms with van der Waals surface area (Å²) < 4.78 is 24.2. The zero-order valence-electron chi connectivity index (χ0n) is 14.2. The normalized spacial score (nSPS) is 10.4. The lowest BCUT2D eigenvalue weighted by Crippen LogP contribution is -2.12. The number of halogens is 1. The summed E-state index contributed by atoms with van der Waals surface area (Å²) in [4.78, 5) is 12.2. The molecule has 0 aliphatic carbocycles. The Kier molecular flexibility index (Phi) is 5.95. The molecule has 2 aromatic carbocycles. The Morgan fingerprint density at radius 3 is 2.67 bits per heavy atom. The lowest BCUT2D eigenvalue weighted by atomic mass is 10.3. The van der Waals surface area contributed by atoms with E-state index in [-0.39, 0.29) is 24.2 Å². The van der Waals surface area contributed by atoms with Crippen LogP contribution in [0.25, 0.3) is 0 Å². The number of nitrogens with zero attached hydrogens (tertiary/aromatic N) is 2. The summed E-state index contributed by atoms with van der Waals surface area (Å²) in [7, 11) is 0. The summed E-state index contributed by atoms with van der Waals surface area (Å²) in [5.74, 6) is -0.728. The van der Waals surface area contributed by atoms with Gasteiger partial charge in [0, 0.05) is 18.7 Å². The molecular weight excluding hydrogens is 355 g/mol. The van der Waals surface area contributed by atoms with E-state index in [1.165, 1.54) is 12.1 Å². The Bertz CT molecular complexity index is 898. The maximum absolute atomic E-state index is 13.6. The molecule has 0 spiro atoms. The average molecular weight is 372 g/mol. The van der Waals surface area contributed by atoms with E-state index < -0.39 is 11.7 Å². The number of rotatable bonds is 8. The quantitative estimate of drug-likeness (QED) is 0.522. The van der Waals surface area contributed by atoms with Gasteiger partial charge < -0.3 is 24.9 Å². The number of ether oxygens (including phenoxy) is 1. The third-order valence-corrected chi connectivity index (χ3v) is 3.42. The molecule has 140 valence electrons. The zero-order chi connectivity index (χ0) is 19.1. The fourth-order valence-corrected chi connectivity index (χ4v) is 2.12. The lowest BCUT2D eigenvalue weighted by molar-refractivity contribution is 0.0991. The van der Waals surface area contributed by atoms with E-state index in [0.29, 0.717) is 24.5 Å². The van der Waals surface area contributed by atoms with Gasteiger partial charge in [-0.1, -0.05) is 17.2 Å². The maximum atomic E-state index is 13.6. The second-order valence-corrected chi connectivity index (χ2v) is 5.42. The summed E-state index contributed by atoms with van der Waals surface area (Å²) in [6, 6.07) is 12.6. The molecule has 0 saturated heterocycles. The van der Waals surface area contributed by atoms with E-state index in [2.05, 4.69) is 20.8 Å². The van der Waals surface area contributed by atoms with Gasteiger partial charge in [-0.25, -0.2) is 4.39 Å². The first kappa shape index (κ1) is 18.3. The molecule has 0 aliphatic heterocycles. The van der Waals surface area contributed by atoms with Crippen LogP contribution >= 0.6 is 0 Å². The van der Waals surface area contributed by atoms with E-state index >= 15 is 0 Å². The number of aromatic nitrogens is 2. The van der Waals surface area contributed by atoms with Crippen LogP contribution in [0.4, 0.5) is 21.8 Å². The predicted octanol–water partition coefficient (Wildman–Crippen LogP) is 2.97. The highest BCUT2D eigenvalue weighted by atomic mass is 19.1. The smallest absolute Gasteiger partial charge is 0.320 e.